The SMILES string of the molecule is O=C(O)c1cn2c3c(cc(F)cc3c1=O)C1CCCCC12. The molecule has 0 radical (unpaired) electrons. The average Bonchev–Trinajstić information content (AvgIpc) is 2.77. The molecule has 0 saturated heterocycles. The van der Waals surface area contributed by atoms with Crippen molar-refractivity contribution in [1.29, 1.82) is 0 Å². The Labute approximate surface area is 119 Å². The van der Waals surface area contributed by atoms with Crippen LogP contribution >= 0.6 is 0 Å². The smallest absolute Gasteiger partial charge is 0.341 e. The first-order chi connectivity index (χ1) is 10.1. The van der Waals surface area contributed by atoms with Crippen molar-refractivity contribution in [3.63, 3.8) is 0 Å². The number of hydrogen-bond acceptors (Lipinski definition) is 2. The van der Waals surface area contributed by atoms with E-state index in [1.807, 2.05) is 4.57 Å². The van der Waals surface area contributed by atoms with Gasteiger partial charge in [0.2, 0.25) is 5.43 Å². The van der Waals surface area contributed by atoms with Crippen LogP contribution in [-0.4, -0.2) is 15.6 Å². The van der Waals surface area contributed by atoms with Crippen LogP contribution < -0.4 is 5.43 Å². The molecule has 2 aromatic rings. The Kier molecular flexibility index (Phi) is 2.49. The van der Waals surface area contributed by atoms with Gasteiger partial charge in [-0.25, -0.2) is 9.18 Å². The van der Waals surface area contributed by atoms with Crippen molar-refractivity contribution in [2.75, 3.05) is 0 Å². The highest BCUT2D eigenvalue weighted by Crippen LogP contribution is 2.49. The molecular formula is C16H14FNO3. The van der Waals surface area contributed by atoms with Crippen molar-refractivity contribution >= 4 is 16.9 Å². The van der Waals surface area contributed by atoms with Gasteiger partial charge in [0.05, 0.1) is 5.52 Å². The van der Waals surface area contributed by atoms with Gasteiger partial charge in [-0.1, -0.05) is 12.8 Å². The molecule has 1 aromatic carbocycles. The third kappa shape index (κ3) is 1.60. The summed E-state index contributed by atoms with van der Waals surface area (Å²) in [5, 5.41) is 9.41. The molecule has 5 heteroatoms. The molecule has 1 aliphatic carbocycles. The molecule has 4 nitrogen and oxygen atoms in total. The van der Waals surface area contributed by atoms with E-state index in [0.717, 1.165) is 36.8 Å². The van der Waals surface area contributed by atoms with Crippen molar-refractivity contribution in [3.8, 4) is 0 Å². The second kappa shape index (κ2) is 4.16. The molecule has 1 aliphatic heterocycles. The van der Waals surface area contributed by atoms with Crippen LogP contribution in [0.3, 0.4) is 0 Å². The molecule has 0 amide bonds. The molecule has 0 bridgehead atoms. The van der Waals surface area contributed by atoms with Gasteiger partial charge in [0.15, 0.2) is 0 Å². The van der Waals surface area contributed by atoms with E-state index in [1.54, 1.807) is 0 Å². The van der Waals surface area contributed by atoms with Crippen LogP contribution in [0.5, 0.6) is 0 Å². The minimum absolute atomic E-state index is 0.150. The number of pyridine rings is 1. The summed E-state index contributed by atoms with van der Waals surface area (Å²) in [6.45, 7) is 0. The van der Waals surface area contributed by atoms with Gasteiger partial charge in [-0.3, -0.25) is 4.79 Å². The normalized spacial score (nSPS) is 23.3. The molecule has 1 fully saturated rings. The maximum absolute atomic E-state index is 13.9. The van der Waals surface area contributed by atoms with E-state index in [9.17, 15) is 19.1 Å². The summed E-state index contributed by atoms with van der Waals surface area (Å²) in [5.41, 5.74) is 0.727. The Morgan fingerprint density at radius 2 is 2.05 bits per heavy atom. The summed E-state index contributed by atoms with van der Waals surface area (Å²) in [6, 6.07) is 2.83. The van der Waals surface area contributed by atoms with Crippen molar-refractivity contribution in [2.24, 2.45) is 0 Å². The van der Waals surface area contributed by atoms with Crippen LogP contribution in [0.1, 0.15) is 53.6 Å². The Balaban J connectivity index is 2.14. The highest BCUT2D eigenvalue weighted by Gasteiger charge is 2.37. The second-order valence-corrected chi connectivity index (χ2v) is 5.93. The highest BCUT2D eigenvalue weighted by atomic mass is 19.1. The van der Waals surface area contributed by atoms with Gasteiger partial charge in [0, 0.05) is 23.5 Å². The van der Waals surface area contributed by atoms with Crippen molar-refractivity contribution in [1.82, 2.24) is 4.57 Å². The molecule has 21 heavy (non-hydrogen) atoms. The summed E-state index contributed by atoms with van der Waals surface area (Å²) in [5.74, 6) is -1.52. The largest absolute Gasteiger partial charge is 0.477 e. The summed E-state index contributed by atoms with van der Waals surface area (Å²) >= 11 is 0. The topological polar surface area (TPSA) is 59.3 Å². The molecule has 0 spiro atoms. The Morgan fingerprint density at radius 3 is 2.81 bits per heavy atom. The predicted octanol–water partition coefficient (Wildman–Crippen LogP) is 3.05. The van der Waals surface area contributed by atoms with Gasteiger partial charge in [0.25, 0.3) is 0 Å². The minimum Gasteiger partial charge on any atom is -0.477 e. The molecule has 2 atom stereocenters. The molecule has 1 N–H and O–H groups in total. The number of halogens is 1. The molecule has 2 heterocycles. The number of carboxylic acids is 1. The van der Waals surface area contributed by atoms with Crippen LogP contribution in [0.2, 0.25) is 0 Å². The molecule has 2 unspecified atom stereocenters. The van der Waals surface area contributed by atoms with Gasteiger partial charge in [-0.2, -0.15) is 0 Å². The number of carbonyl (C=O) groups is 1. The van der Waals surface area contributed by atoms with Crippen LogP contribution in [-0.2, 0) is 0 Å². The zero-order valence-corrected chi connectivity index (χ0v) is 11.3. The van der Waals surface area contributed by atoms with Crippen LogP contribution in [0, 0.1) is 5.82 Å². The zero-order chi connectivity index (χ0) is 14.7. The Bertz CT molecular complexity index is 840. The first-order valence-electron chi connectivity index (χ1n) is 7.19. The quantitative estimate of drug-likeness (QED) is 0.877. The number of carboxylic acid groups (broad SMARTS) is 1. The Morgan fingerprint density at radius 1 is 1.29 bits per heavy atom. The molecule has 1 saturated carbocycles. The predicted molar refractivity (Wildman–Crippen MR) is 75.4 cm³/mol. The summed E-state index contributed by atoms with van der Waals surface area (Å²) in [6.07, 6.45) is 5.52. The first-order valence-corrected chi connectivity index (χ1v) is 7.19. The third-order valence-corrected chi connectivity index (χ3v) is 4.84. The second-order valence-electron chi connectivity index (χ2n) is 5.93. The van der Waals surface area contributed by atoms with Crippen molar-refractivity contribution < 1.29 is 14.3 Å². The van der Waals surface area contributed by atoms with Crippen molar-refractivity contribution in [3.05, 3.63) is 45.5 Å². The zero-order valence-electron chi connectivity index (χ0n) is 11.3. The lowest BCUT2D eigenvalue weighted by Gasteiger charge is -2.27. The van der Waals surface area contributed by atoms with E-state index in [-0.39, 0.29) is 22.9 Å². The number of rotatable bonds is 1. The Hall–Kier alpha value is -2.17. The summed E-state index contributed by atoms with van der Waals surface area (Å²) < 4.78 is 15.8. The van der Waals surface area contributed by atoms with E-state index in [4.69, 9.17) is 0 Å². The fourth-order valence-electron chi connectivity index (χ4n) is 3.99. The van der Waals surface area contributed by atoms with E-state index in [2.05, 4.69) is 0 Å². The minimum atomic E-state index is -1.25. The van der Waals surface area contributed by atoms with Gasteiger partial charge >= 0.3 is 5.97 Å². The number of aromatic nitrogens is 1. The van der Waals surface area contributed by atoms with Crippen LogP contribution in [0.15, 0.2) is 23.1 Å². The van der Waals surface area contributed by atoms with Gasteiger partial charge < -0.3 is 9.67 Å². The molecule has 108 valence electrons. The standard InChI is InChI=1S/C16H14FNO3/c17-8-5-10-9-3-1-2-4-13(9)18-7-12(16(20)21)15(19)11(6-8)14(10)18/h5-7,9,13H,1-4H2,(H,20,21). The van der Waals surface area contributed by atoms with Gasteiger partial charge in [-0.05, 0) is 30.5 Å². The highest BCUT2D eigenvalue weighted by molar-refractivity contribution is 5.94. The number of hydrogen-bond donors (Lipinski definition) is 1. The monoisotopic (exact) mass is 287 g/mol. The molecule has 1 aromatic heterocycles. The maximum Gasteiger partial charge on any atom is 0.341 e. The van der Waals surface area contributed by atoms with Gasteiger partial charge in [-0.15, -0.1) is 0 Å². The lowest BCUT2D eigenvalue weighted by atomic mass is 9.82. The number of aromatic carboxylic acids is 1. The lowest BCUT2D eigenvalue weighted by Crippen LogP contribution is -2.20. The molecular weight excluding hydrogens is 273 g/mol. The van der Waals surface area contributed by atoms with E-state index in [1.165, 1.54) is 18.3 Å². The van der Waals surface area contributed by atoms with Crippen molar-refractivity contribution in [2.45, 2.75) is 37.6 Å². The van der Waals surface area contributed by atoms with Gasteiger partial charge in [0.1, 0.15) is 11.4 Å². The molecule has 4 rings (SSSR count). The third-order valence-electron chi connectivity index (χ3n) is 4.84. The van der Waals surface area contributed by atoms with E-state index < -0.39 is 17.2 Å². The lowest BCUT2D eigenvalue weighted by molar-refractivity contribution is 0.0694. The summed E-state index contributed by atoms with van der Waals surface area (Å²) in [4.78, 5) is 23.6. The maximum atomic E-state index is 13.9. The fourth-order valence-corrected chi connectivity index (χ4v) is 3.99. The average molecular weight is 287 g/mol. The number of nitrogens with zero attached hydrogens (tertiary/aromatic N) is 1. The van der Waals surface area contributed by atoms with Crippen LogP contribution in [0.25, 0.3) is 10.9 Å². The summed E-state index contributed by atoms with van der Waals surface area (Å²) in [7, 11) is 0. The first kappa shape index (κ1) is 12.6. The number of benzene rings is 1. The fraction of sp³-hybridized carbons (Fsp3) is 0.375. The molecule has 2 aliphatic rings. The van der Waals surface area contributed by atoms with E-state index in [0.29, 0.717) is 0 Å². The number of fused-ring (bicyclic) bond motifs is 3. The van der Waals surface area contributed by atoms with E-state index >= 15 is 0 Å². The van der Waals surface area contributed by atoms with Crippen LogP contribution in [0.4, 0.5) is 4.39 Å².